The molecule has 0 aromatic carbocycles. The first kappa shape index (κ1) is 13.7. The van der Waals surface area contributed by atoms with Crippen molar-refractivity contribution in [2.24, 2.45) is 0 Å². The summed E-state index contributed by atoms with van der Waals surface area (Å²) in [4.78, 5) is 14.7. The predicted molar refractivity (Wildman–Crippen MR) is 71.7 cm³/mol. The van der Waals surface area contributed by atoms with Gasteiger partial charge in [-0.3, -0.25) is 4.79 Å². The van der Waals surface area contributed by atoms with Gasteiger partial charge in [0.1, 0.15) is 0 Å². The van der Waals surface area contributed by atoms with Crippen LogP contribution in [0.25, 0.3) is 0 Å². The molecule has 5 heteroatoms. The quantitative estimate of drug-likeness (QED) is 0.875. The maximum atomic E-state index is 11.7. The van der Waals surface area contributed by atoms with Crippen LogP contribution in [0.15, 0.2) is 15.9 Å². The molecule has 0 aliphatic heterocycles. The Hall–Kier alpha value is -0.390. The number of likely N-dealkylation sites (N-methyl/N-ethyl adjacent to an activating group) is 1. The number of hydrogen-bond acceptors (Lipinski definition) is 3. The first-order valence-electron chi connectivity index (χ1n) is 5.40. The van der Waals surface area contributed by atoms with E-state index < -0.39 is 0 Å². The minimum absolute atomic E-state index is 0.167. The van der Waals surface area contributed by atoms with Crippen LogP contribution in [0.2, 0.25) is 0 Å². The van der Waals surface area contributed by atoms with Crippen molar-refractivity contribution in [2.45, 2.75) is 20.4 Å². The second-order valence-corrected chi connectivity index (χ2v) is 5.92. The lowest BCUT2D eigenvalue weighted by molar-refractivity contribution is -0.129. The Morgan fingerprint density at radius 1 is 1.44 bits per heavy atom. The highest BCUT2D eigenvalue weighted by atomic mass is 79.9. The first-order valence-corrected chi connectivity index (χ1v) is 7.01. The normalized spacial score (nSPS) is 10.4. The fraction of sp³-hybridized carbons (Fsp3) is 0.545. The Kier molecular flexibility index (Phi) is 6.01. The van der Waals surface area contributed by atoms with Gasteiger partial charge in [-0.05, 0) is 41.9 Å². The summed E-state index contributed by atoms with van der Waals surface area (Å²) < 4.78 is 1.12. The molecule has 0 spiro atoms. The molecule has 0 fully saturated rings. The molecule has 3 nitrogen and oxygen atoms in total. The second-order valence-electron chi connectivity index (χ2n) is 3.38. The van der Waals surface area contributed by atoms with E-state index in [-0.39, 0.29) is 5.91 Å². The van der Waals surface area contributed by atoms with Gasteiger partial charge in [0.2, 0.25) is 5.91 Å². The molecule has 0 saturated carbocycles. The molecule has 0 unspecified atom stereocenters. The van der Waals surface area contributed by atoms with Crippen LogP contribution in [0.3, 0.4) is 0 Å². The molecule has 1 aromatic rings. The van der Waals surface area contributed by atoms with E-state index in [1.807, 2.05) is 24.8 Å². The van der Waals surface area contributed by atoms with Crippen LogP contribution < -0.4 is 5.32 Å². The average Bonchev–Trinajstić information content (AvgIpc) is 2.66. The number of hydrogen-bond donors (Lipinski definition) is 1. The summed E-state index contributed by atoms with van der Waals surface area (Å²) in [7, 11) is 0. The summed E-state index contributed by atoms with van der Waals surface area (Å²) in [6, 6.07) is 4.08. The molecule has 90 valence electrons. The lowest BCUT2D eigenvalue weighted by atomic mass is 10.4. The Labute approximate surface area is 109 Å². The van der Waals surface area contributed by atoms with Crippen molar-refractivity contribution < 1.29 is 4.79 Å². The lowest BCUT2D eigenvalue weighted by Gasteiger charge is -2.18. The van der Waals surface area contributed by atoms with Crippen molar-refractivity contribution in [3.63, 3.8) is 0 Å². The molecule has 0 aliphatic carbocycles. The average molecular weight is 305 g/mol. The fourth-order valence-corrected chi connectivity index (χ4v) is 2.88. The minimum atomic E-state index is 0.167. The van der Waals surface area contributed by atoms with Gasteiger partial charge >= 0.3 is 0 Å². The van der Waals surface area contributed by atoms with Gasteiger partial charge in [-0.1, -0.05) is 0 Å². The van der Waals surface area contributed by atoms with Crippen molar-refractivity contribution >= 4 is 33.2 Å². The van der Waals surface area contributed by atoms with Crippen LogP contribution in [0.1, 0.15) is 18.7 Å². The van der Waals surface area contributed by atoms with Crippen molar-refractivity contribution in [1.29, 1.82) is 0 Å². The second kappa shape index (κ2) is 7.04. The molecule has 0 bridgehead atoms. The van der Waals surface area contributed by atoms with Crippen molar-refractivity contribution in [3.05, 3.63) is 20.8 Å². The Bertz CT molecular complexity index is 336. The Morgan fingerprint density at radius 2 is 2.12 bits per heavy atom. The number of thiophene rings is 1. The topological polar surface area (TPSA) is 32.3 Å². The maximum absolute atomic E-state index is 11.7. The highest BCUT2D eigenvalue weighted by Gasteiger charge is 2.08. The van der Waals surface area contributed by atoms with Crippen molar-refractivity contribution in [1.82, 2.24) is 10.2 Å². The van der Waals surface area contributed by atoms with Gasteiger partial charge in [-0.2, -0.15) is 0 Å². The third-order valence-electron chi connectivity index (χ3n) is 2.32. The molecule has 0 radical (unpaired) electrons. The summed E-state index contributed by atoms with van der Waals surface area (Å²) in [6.07, 6.45) is 0. The number of rotatable bonds is 6. The first-order chi connectivity index (χ1) is 7.67. The van der Waals surface area contributed by atoms with Crippen LogP contribution in [0.5, 0.6) is 0 Å². The van der Waals surface area contributed by atoms with Gasteiger partial charge in [-0.25, -0.2) is 0 Å². The summed E-state index contributed by atoms with van der Waals surface area (Å²) in [5.41, 5.74) is 0. The fourth-order valence-electron chi connectivity index (χ4n) is 1.43. The van der Waals surface area contributed by atoms with Crippen molar-refractivity contribution in [2.75, 3.05) is 19.6 Å². The van der Waals surface area contributed by atoms with Gasteiger partial charge in [0.25, 0.3) is 0 Å². The SMILES string of the molecule is CCN(CC)C(=O)CNCc1ccc(Br)s1. The number of nitrogens with one attached hydrogen (secondary N) is 1. The van der Waals surface area contributed by atoms with Crippen LogP contribution in [0, 0.1) is 0 Å². The summed E-state index contributed by atoms with van der Waals surface area (Å²) in [5, 5.41) is 3.16. The van der Waals surface area contributed by atoms with E-state index in [1.54, 1.807) is 11.3 Å². The van der Waals surface area contributed by atoms with E-state index >= 15 is 0 Å². The molecule has 1 heterocycles. The molecule has 1 rings (SSSR count). The number of amides is 1. The molecule has 0 aliphatic rings. The molecule has 1 amide bonds. The van der Waals surface area contributed by atoms with Gasteiger partial charge in [0, 0.05) is 24.5 Å². The summed E-state index contributed by atoms with van der Waals surface area (Å²) >= 11 is 5.10. The molecule has 0 atom stereocenters. The predicted octanol–water partition coefficient (Wildman–Crippen LogP) is 2.47. The van der Waals surface area contributed by atoms with E-state index in [1.165, 1.54) is 4.88 Å². The van der Waals surface area contributed by atoms with Gasteiger partial charge in [0.15, 0.2) is 0 Å². The summed E-state index contributed by atoms with van der Waals surface area (Å²) in [6.45, 7) is 6.72. The Balaban J connectivity index is 2.27. The highest BCUT2D eigenvalue weighted by Crippen LogP contribution is 2.21. The van der Waals surface area contributed by atoms with Crippen LogP contribution in [-0.4, -0.2) is 30.4 Å². The van der Waals surface area contributed by atoms with Crippen molar-refractivity contribution in [3.8, 4) is 0 Å². The zero-order valence-corrected chi connectivity index (χ0v) is 12.0. The zero-order valence-electron chi connectivity index (χ0n) is 9.62. The number of carbonyl (C=O) groups excluding carboxylic acids is 1. The molecular formula is C11H17BrN2OS. The smallest absolute Gasteiger partial charge is 0.236 e. The monoisotopic (exact) mass is 304 g/mol. The minimum Gasteiger partial charge on any atom is -0.342 e. The number of halogens is 1. The third-order valence-corrected chi connectivity index (χ3v) is 3.94. The molecule has 0 saturated heterocycles. The van der Waals surface area contributed by atoms with E-state index in [0.717, 1.165) is 23.4 Å². The van der Waals surface area contributed by atoms with Crippen LogP contribution in [-0.2, 0) is 11.3 Å². The number of nitrogens with zero attached hydrogens (tertiary/aromatic N) is 1. The standard InChI is InChI=1S/C11H17BrN2OS/c1-3-14(4-2)11(15)8-13-7-9-5-6-10(12)16-9/h5-6,13H,3-4,7-8H2,1-2H3. The third kappa shape index (κ3) is 4.23. The van der Waals surface area contributed by atoms with Gasteiger partial charge < -0.3 is 10.2 Å². The molecule has 16 heavy (non-hydrogen) atoms. The van der Waals surface area contributed by atoms with Crippen LogP contribution >= 0.6 is 27.3 Å². The van der Waals surface area contributed by atoms with E-state index in [0.29, 0.717) is 6.54 Å². The highest BCUT2D eigenvalue weighted by molar-refractivity contribution is 9.11. The van der Waals surface area contributed by atoms with Crippen LogP contribution in [0.4, 0.5) is 0 Å². The Morgan fingerprint density at radius 3 is 2.62 bits per heavy atom. The maximum Gasteiger partial charge on any atom is 0.236 e. The van der Waals surface area contributed by atoms with E-state index in [9.17, 15) is 4.79 Å². The van der Waals surface area contributed by atoms with Gasteiger partial charge in [-0.15, -0.1) is 11.3 Å². The largest absolute Gasteiger partial charge is 0.342 e. The molecule has 1 N–H and O–H groups in total. The molecule has 1 aromatic heterocycles. The van der Waals surface area contributed by atoms with E-state index in [2.05, 4.69) is 27.3 Å². The van der Waals surface area contributed by atoms with E-state index in [4.69, 9.17) is 0 Å². The van der Waals surface area contributed by atoms with Gasteiger partial charge in [0.05, 0.1) is 10.3 Å². The number of carbonyl (C=O) groups is 1. The molecular weight excluding hydrogens is 288 g/mol. The summed E-state index contributed by atoms with van der Waals surface area (Å²) in [5.74, 6) is 0.167. The lowest BCUT2D eigenvalue weighted by Crippen LogP contribution is -2.37. The zero-order chi connectivity index (χ0) is 12.0.